The van der Waals surface area contributed by atoms with Crippen molar-refractivity contribution in [3.8, 4) is 0 Å². The van der Waals surface area contributed by atoms with Crippen LogP contribution in [0.1, 0.15) is 6.42 Å². The topological polar surface area (TPSA) is 74.6 Å². The van der Waals surface area contributed by atoms with Crippen molar-refractivity contribution in [1.82, 2.24) is 0 Å². The number of rotatable bonds is 2. The molecule has 0 aliphatic carbocycles. The van der Waals surface area contributed by atoms with Gasteiger partial charge in [0.05, 0.1) is 0 Å². The second-order valence-corrected chi connectivity index (χ2v) is 0.964. The summed E-state index contributed by atoms with van der Waals surface area (Å²) in [6, 6.07) is 0. The van der Waals surface area contributed by atoms with Crippen molar-refractivity contribution in [1.29, 1.82) is 0 Å². The van der Waals surface area contributed by atoms with Gasteiger partial charge in [-0.15, -0.1) is 0 Å². The molecule has 0 saturated heterocycles. The average molecular weight is 130 g/mol. The van der Waals surface area contributed by atoms with Crippen molar-refractivity contribution >= 4 is 11.9 Å². The van der Waals surface area contributed by atoms with E-state index >= 15 is 0 Å². The van der Waals surface area contributed by atoms with Crippen LogP contribution >= 0.6 is 0 Å². The largest absolute Gasteiger partial charge is 1.00 e. The van der Waals surface area contributed by atoms with Crippen molar-refractivity contribution in [2.24, 2.45) is 0 Å². The fraction of sp³-hybridized carbons (Fsp3) is 0.333. The molecule has 0 heterocycles. The first-order valence-corrected chi connectivity index (χ1v) is 1.56. The van der Waals surface area contributed by atoms with E-state index in [1.807, 2.05) is 0 Å². The Morgan fingerprint density at radius 2 is 1.33 bits per heavy atom. The van der Waals surface area contributed by atoms with E-state index in [9.17, 15) is 9.59 Å². The zero-order valence-electron chi connectivity index (χ0n) is 4.80. The summed E-state index contributed by atoms with van der Waals surface area (Å²) < 4.78 is 0. The van der Waals surface area contributed by atoms with Crippen LogP contribution in [-0.2, 0) is 9.59 Å². The molecule has 0 radical (unpaired) electrons. The predicted octanol–water partition coefficient (Wildman–Crippen LogP) is -6.45. The van der Waals surface area contributed by atoms with Gasteiger partial charge in [0.15, 0.2) is 0 Å². The van der Waals surface area contributed by atoms with Gasteiger partial charge < -0.3 is 14.9 Å². The molecule has 6 heteroatoms. The summed E-state index contributed by atoms with van der Waals surface area (Å²) in [5.74, 6) is -2.62. The first-order chi connectivity index (χ1) is 3.13. The van der Waals surface area contributed by atoms with Crippen LogP contribution in [0.3, 0.4) is 0 Å². The molecule has 0 fully saturated rings. The fourth-order valence-electron chi connectivity index (χ4n) is 0.129. The van der Waals surface area contributed by atoms with Crippen LogP contribution in [0, 0.1) is 0 Å². The second kappa shape index (κ2) is 7.47. The third-order valence-electron chi connectivity index (χ3n) is 0.302. The van der Waals surface area contributed by atoms with Crippen LogP contribution in [0.5, 0.6) is 0 Å². The zero-order chi connectivity index (χ0) is 5.86. The van der Waals surface area contributed by atoms with Crippen molar-refractivity contribution in [2.45, 2.75) is 6.42 Å². The van der Waals surface area contributed by atoms with Crippen molar-refractivity contribution in [3.05, 3.63) is 0 Å². The van der Waals surface area contributed by atoms with Crippen LogP contribution in [0.15, 0.2) is 0 Å². The molecule has 2 N–H and O–H groups in total. The Hall–Kier alpha value is -0.533. The summed E-state index contributed by atoms with van der Waals surface area (Å²) in [6.45, 7) is 0. The van der Waals surface area contributed by atoms with Gasteiger partial charge in [-0.05, 0) is 0 Å². The van der Waals surface area contributed by atoms with Crippen LogP contribution in [0.4, 0.5) is 0 Å². The molecule has 0 saturated carbocycles. The zero-order valence-corrected chi connectivity index (χ0v) is 4.80. The van der Waals surface area contributed by atoms with Gasteiger partial charge >= 0.3 is 30.8 Å². The molecule has 0 amide bonds. The molecule has 48 valence electrons. The third-order valence-corrected chi connectivity index (χ3v) is 0.302. The number of carboxylic acid groups (broad SMARTS) is 2. The molecule has 0 atom stereocenters. The molecule has 4 nitrogen and oxygen atoms in total. The molecule has 0 aromatic rings. The molecule has 9 heavy (non-hydrogen) atoms. The number of hydrogen-bond donors (Lipinski definition) is 2. The molecule has 0 bridgehead atoms. The van der Waals surface area contributed by atoms with Crippen LogP contribution in [-0.4, -0.2) is 22.2 Å². The van der Waals surface area contributed by atoms with Gasteiger partial charge in [0.1, 0.15) is 6.42 Å². The van der Waals surface area contributed by atoms with Gasteiger partial charge in [-0.1, -0.05) is 0 Å². The molecular weight excluding hydrogens is 126 g/mol. The monoisotopic (exact) mass is 130 g/mol. The summed E-state index contributed by atoms with van der Waals surface area (Å²) in [6.07, 6.45) is -0.806. The minimum atomic E-state index is -1.31. The maximum Gasteiger partial charge on any atom is 1.00 e. The Bertz CT molecular complexity index is 92.0. The third kappa shape index (κ3) is 18.6. The first-order valence-electron chi connectivity index (χ1n) is 1.56. The molecule has 0 rings (SSSR count). The standard InChI is InChI=1S/C3H4O4.FH.Li/c4-2(5)1-3(6)7;;/h1H2,(H,4,5)(H,6,7);1H;/q;;+1/p-1. The van der Waals surface area contributed by atoms with Gasteiger partial charge in [0, 0.05) is 0 Å². The Kier molecular flexibility index (Phi) is 13.1. The number of hydrogen-bond acceptors (Lipinski definition) is 2. The summed E-state index contributed by atoms with van der Waals surface area (Å²) in [5, 5.41) is 15.4. The van der Waals surface area contributed by atoms with E-state index in [-0.39, 0.29) is 23.6 Å². The van der Waals surface area contributed by atoms with E-state index in [0.717, 1.165) is 0 Å². The van der Waals surface area contributed by atoms with E-state index < -0.39 is 18.4 Å². The maximum absolute atomic E-state index is 9.43. The molecule has 0 aromatic heterocycles. The molecule has 0 aromatic carbocycles. The Balaban J connectivity index is -0.000000180. The number of halogens is 1. The van der Waals surface area contributed by atoms with Crippen molar-refractivity contribution < 1.29 is 43.4 Å². The minimum Gasteiger partial charge on any atom is -1.00 e. The van der Waals surface area contributed by atoms with E-state index in [0.29, 0.717) is 0 Å². The number of carbonyl (C=O) groups is 2. The second-order valence-electron chi connectivity index (χ2n) is 0.964. The molecule has 0 aliphatic heterocycles. The Morgan fingerprint density at radius 3 is 1.33 bits per heavy atom. The van der Waals surface area contributed by atoms with Crippen LogP contribution in [0.25, 0.3) is 0 Å². The average Bonchev–Trinajstić information content (AvgIpc) is 1.27. The van der Waals surface area contributed by atoms with Crippen LogP contribution in [0.2, 0.25) is 0 Å². The summed E-state index contributed by atoms with van der Waals surface area (Å²) in [7, 11) is 0. The molecular formula is C3H4FLiO4. The number of carboxylic acids is 2. The number of aliphatic carboxylic acids is 2. The van der Waals surface area contributed by atoms with Gasteiger partial charge in [0.25, 0.3) is 0 Å². The van der Waals surface area contributed by atoms with Gasteiger partial charge in [-0.25, -0.2) is 0 Å². The summed E-state index contributed by atoms with van der Waals surface area (Å²) in [4.78, 5) is 18.9. The van der Waals surface area contributed by atoms with Crippen molar-refractivity contribution in [2.75, 3.05) is 0 Å². The first kappa shape index (κ1) is 15.8. The summed E-state index contributed by atoms with van der Waals surface area (Å²) in [5.41, 5.74) is 0. The van der Waals surface area contributed by atoms with E-state index in [1.54, 1.807) is 0 Å². The van der Waals surface area contributed by atoms with Crippen LogP contribution < -0.4 is 23.6 Å². The van der Waals surface area contributed by atoms with Gasteiger partial charge in [0.2, 0.25) is 0 Å². The maximum atomic E-state index is 9.43. The van der Waals surface area contributed by atoms with E-state index in [2.05, 4.69) is 0 Å². The SMILES string of the molecule is O=C(O)CC(=O)O.[F-].[Li+]. The molecule has 0 aliphatic rings. The Labute approximate surface area is 62.4 Å². The van der Waals surface area contributed by atoms with E-state index in [1.165, 1.54) is 0 Å². The molecule has 0 spiro atoms. The summed E-state index contributed by atoms with van der Waals surface area (Å²) >= 11 is 0. The predicted molar refractivity (Wildman–Crippen MR) is 19.9 cm³/mol. The quantitative estimate of drug-likeness (QED) is 0.288. The Morgan fingerprint density at radius 1 is 1.11 bits per heavy atom. The molecule has 0 unspecified atom stereocenters. The van der Waals surface area contributed by atoms with Gasteiger partial charge in [-0.3, -0.25) is 9.59 Å². The smallest absolute Gasteiger partial charge is 1.00 e. The van der Waals surface area contributed by atoms with Crippen molar-refractivity contribution in [3.63, 3.8) is 0 Å². The van der Waals surface area contributed by atoms with Gasteiger partial charge in [-0.2, -0.15) is 0 Å². The minimum absolute atomic E-state index is 0. The normalized spacial score (nSPS) is 6.22. The van der Waals surface area contributed by atoms with E-state index in [4.69, 9.17) is 10.2 Å². The fourth-order valence-corrected chi connectivity index (χ4v) is 0.129.